The molecule has 3 N–H and O–H groups in total. The minimum Gasteiger partial charge on any atom is -0.445 e. The van der Waals surface area contributed by atoms with Gasteiger partial charge in [-0.25, -0.2) is 4.79 Å². The summed E-state index contributed by atoms with van der Waals surface area (Å²) in [6.45, 7) is 6.38. The number of likely N-dealkylation sites (tertiary alicyclic amines) is 1. The van der Waals surface area contributed by atoms with Crippen molar-refractivity contribution in [2.45, 2.75) is 77.7 Å². The molecule has 0 saturated carbocycles. The number of rotatable bonds is 13. The molecule has 238 valence electrons. The van der Waals surface area contributed by atoms with Crippen molar-refractivity contribution in [1.82, 2.24) is 20.9 Å². The van der Waals surface area contributed by atoms with E-state index in [0.717, 1.165) is 5.56 Å². The zero-order valence-electron chi connectivity index (χ0n) is 25.3. The normalized spacial score (nSPS) is 16.3. The fraction of sp³-hybridized carbons (Fsp3) is 0.469. The lowest BCUT2D eigenvalue weighted by atomic mass is 9.94. The number of halogens is 2. The Bertz CT molecular complexity index is 1310. The van der Waals surface area contributed by atoms with Gasteiger partial charge in [0.1, 0.15) is 18.7 Å². The smallest absolute Gasteiger partial charge is 0.408 e. The number of carbonyl (C=O) groups excluding carboxylic acids is 5. The van der Waals surface area contributed by atoms with Crippen LogP contribution in [0.25, 0.3) is 0 Å². The maximum atomic E-state index is 15.0. The summed E-state index contributed by atoms with van der Waals surface area (Å²) in [6.07, 6.45) is -0.126. The average molecular weight is 615 g/mol. The monoisotopic (exact) mass is 614 g/mol. The number of hydrogen-bond acceptors (Lipinski definition) is 6. The molecular weight excluding hydrogens is 574 g/mol. The van der Waals surface area contributed by atoms with E-state index in [1.54, 1.807) is 68.4 Å². The standard InChI is InChI=1S/C32H40F2N4O6/c1-20(2)25(27(39)32(33,34)30(42)35-18-22-12-7-5-8-13-22)36-28(40)24-16-11-17-38(24)29(41)26(21(3)4)37-31(43)44-19-23-14-9-6-10-15-23/h5-10,12-15,20-21,24-26H,11,16-19H2,1-4H3,(H,35,42)(H,36,40)(H,37,43)/t24-,25-,26-/m0/s1. The highest BCUT2D eigenvalue weighted by atomic mass is 19.3. The summed E-state index contributed by atoms with van der Waals surface area (Å²) in [5, 5.41) is 7.03. The van der Waals surface area contributed by atoms with E-state index in [4.69, 9.17) is 4.74 Å². The van der Waals surface area contributed by atoms with Crippen molar-refractivity contribution < 1.29 is 37.5 Å². The zero-order valence-corrected chi connectivity index (χ0v) is 25.3. The maximum Gasteiger partial charge on any atom is 0.408 e. The summed E-state index contributed by atoms with van der Waals surface area (Å²) in [6, 6.07) is 13.6. The molecule has 1 heterocycles. The van der Waals surface area contributed by atoms with Gasteiger partial charge in [-0.1, -0.05) is 88.4 Å². The van der Waals surface area contributed by atoms with E-state index in [2.05, 4.69) is 16.0 Å². The molecule has 1 aliphatic heterocycles. The second-order valence-electron chi connectivity index (χ2n) is 11.5. The molecule has 0 radical (unpaired) electrons. The molecule has 0 aromatic heterocycles. The van der Waals surface area contributed by atoms with E-state index in [1.807, 2.05) is 6.07 Å². The molecule has 2 aromatic rings. The van der Waals surface area contributed by atoms with Gasteiger partial charge in [-0.2, -0.15) is 8.78 Å². The predicted octanol–water partition coefficient (Wildman–Crippen LogP) is 3.59. The summed E-state index contributed by atoms with van der Waals surface area (Å²) in [5.74, 6) is -10.4. The number of ether oxygens (including phenoxy) is 1. The quantitative estimate of drug-likeness (QED) is 0.296. The van der Waals surface area contributed by atoms with Gasteiger partial charge < -0.3 is 25.6 Å². The Hall–Kier alpha value is -4.35. The van der Waals surface area contributed by atoms with Crippen LogP contribution in [0.3, 0.4) is 0 Å². The minimum atomic E-state index is -4.41. The van der Waals surface area contributed by atoms with Gasteiger partial charge in [0.25, 0.3) is 5.91 Å². The molecule has 1 fully saturated rings. The van der Waals surface area contributed by atoms with E-state index >= 15 is 8.78 Å². The third kappa shape index (κ3) is 8.84. The van der Waals surface area contributed by atoms with Crippen LogP contribution in [0, 0.1) is 11.8 Å². The third-order valence-corrected chi connectivity index (χ3v) is 7.39. The van der Waals surface area contributed by atoms with Gasteiger partial charge in [0.2, 0.25) is 17.6 Å². The van der Waals surface area contributed by atoms with Gasteiger partial charge in [-0.3, -0.25) is 19.2 Å². The molecule has 12 heteroatoms. The Labute approximate surface area is 255 Å². The number of benzene rings is 2. The average Bonchev–Trinajstić information content (AvgIpc) is 3.50. The minimum absolute atomic E-state index is 0.0000440. The van der Waals surface area contributed by atoms with Crippen LogP contribution in [0.1, 0.15) is 51.7 Å². The Morgan fingerprint density at radius 3 is 2.00 bits per heavy atom. The molecule has 1 aliphatic rings. The second kappa shape index (κ2) is 15.4. The van der Waals surface area contributed by atoms with Crippen molar-refractivity contribution in [1.29, 1.82) is 0 Å². The van der Waals surface area contributed by atoms with Gasteiger partial charge in [-0.15, -0.1) is 0 Å². The topological polar surface area (TPSA) is 134 Å². The maximum absolute atomic E-state index is 15.0. The summed E-state index contributed by atoms with van der Waals surface area (Å²) in [7, 11) is 0. The number of ketones is 1. The van der Waals surface area contributed by atoms with E-state index in [1.165, 1.54) is 18.7 Å². The van der Waals surface area contributed by atoms with Crippen LogP contribution < -0.4 is 16.0 Å². The lowest BCUT2D eigenvalue weighted by Gasteiger charge is -2.32. The molecule has 2 aromatic carbocycles. The van der Waals surface area contributed by atoms with E-state index in [-0.39, 0.29) is 32.0 Å². The number of alkyl halides is 2. The van der Waals surface area contributed by atoms with Crippen molar-refractivity contribution >= 4 is 29.6 Å². The fourth-order valence-electron chi connectivity index (χ4n) is 4.87. The van der Waals surface area contributed by atoms with Crippen LogP contribution in [-0.2, 0) is 37.1 Å². The SMILES string of the molecule is CC(C)[C@H](NC(=O)OCc1ccccc1)C(=O)N1CCC[C@H]1C(=O)N[C@H](C(=O)C(F)(F)C(=O)NCc1ccccc1)C(C)C. The molecule has 0 aliphatic carbocycles. The van der Waals surface area contributed by atoms with Crippen molar-refractivity contribution in [3.8, 4) is 0 Å². The summed E-state index contributed by atoms with van der Waals surface area (Å²) in [4.78, 5) is 66.0. The Morgan fingerprint density at radius 2 is 1.43 bits per heavy atom. The van der Waals surface area contributed by atoms with Gasteiger partial charge in [0.05, 0.1) is 6.04 Å². The first-order valence-electron chi connectivity index (χ1n) is 14.6. The van der Waals surface area contributed by atoms with Gasteiger partial charge in [-0.05, 0) is 35.8 Å². The molecule has 3 rings (SSSR count). The van der Waals surface area contributed by atoms with Crippen molar-refractivity contribution in [2.24, 2.45) is 11.8 Å². The number of hydrogen-bond donors (Lipinski definition) is 3. The molecule has 1 saturated heterocycles. The van der Waals surface area contributed by atoms with Crippen molar-refractivity contribution in [2.75, 3.05) is 6.54 Å². The molecule has 10 nitrogen and oxygen atoms in total. The van der Waals surface area contributed by atoms with Crippen LogP contribution in [-0.4, -0.2) is 65.1 Å². The number of nitrogens with one attached hydrogen (secondary N) is 3. The first kappa shape index (κ1) is 34.1. The van der Waals surface area contributed by atoms with Crippen LogP contribution in [0.15, 0.2) is 60.7 Å². The number of nitrogens with zero attached hydrogens (tertiary/aromatic N) is 1. The summed E-state index contributed by atoms with van der Waals surface area (Å²) >= 11 is 0. The van der Waals surface area contributed by atoms with Crippen LogP contribution in [0.5, 0.6) is 0 Å². The van der Waals surface area contributed by atoms with E-state index < -0.39 is 59.6 Å². The number of amides is 4. The predicted molar refractivity (Wildman–Crippen MR) is 158 cm³/mol. The Kier molecular flexibility index (Phi) is 11.9. The van der Waals surface area contributed by atoms with Crippen LogP contribution in [0.2, 0.25) is 0 Å². The fourth-order valence-corrected chi connectivity index (χ4v) is 4.87. The summed E-state index contributed by atoms with van der Waals surface area (Å²) in [5.41, 5.74) is 1.34. The first-order chi connectivity index (χ1) is 20.8. The molecule has 3 atom stereocenters. The molecule has 0 spiro atoms. The van der Waals surface area contributed by atoms with Crippen LogP contribution in [0.4, 0.5) is 13.6 Å². The number of alkyl carbamates (subject to hydrolysis) is 1. The molecule has 44 heavy (non-hydrogen) atoms. The lowest BCUT2D eigenvalue weighted by molar-refractivity contribution is -0.161. The van der Waals surface area contributed by atoms with E-state index in [9.17, 15) is 24.0 Å². The number of Topliss-reactive ketones (excluding diaryl/α,β-unsaturated/α-hetero) is 1. The largest absolute Gasteiger partial charge is 0.445 e. The van der Waals surface area contributed by atoms with Crippen molar-refractivity contribution in [3.63, 3.8) is 0 Å². The highest BCUT2D eigenvalue weighted by Gasteiger charge is 2.51. The number of carbonyl (C=O) groups is 5. The molecule has 0 unspecified atom stereocenters. The Balaban J connectivity index is 1.65. The third-order valence-electron chi connectivity index (χ3n) is 7.39. The van der Waals surface area contributed by atoms with Crippen LogP contribution >= 0.6 is 0 Å². The zero-order chi connectivity index (χ0) is 32.4. The Morgan fingerprint density at radius 1 is 0.864 bits per heavy atom. The lowest BCUT2D eigenvalue weighted by Crippen LogP contribution is -2.60. The highest BCUT2D eigenvalue weighted by molar-refractivity contribution is 6.10. The highest BCUT2D eigenvalue weighted by Crippen LogP contribution is 2.24. The van der Waals surface area contributed by atoms with E-state index in [0.29, 0.717) is 12.0 Å². The molecule has 0 bridgehead atoms. The first-order valence-corrected chi connectivity index (χ1v) is 14.6. The second-order valence-corrected chi connectivity index (χ2v) is 11.5. The molecule has 4 amide bonds. The van der Waals surface area contributed by atoms with Gasteiger partial charge in [0.15, 0.2) is 0 Å². The summed E-state index contributed by atoms with van der Waals surface area (Å²) < 4.78 is 35.3. The van der Waals surface area contributed by atoms with Crippen molar-refractivity contribution in [3.05, 3.63) is 71.8 Å². The van der Waals surface area contributed by atoms with Gasteiger partial charge >= 0.3 is 12.0 Å². The van der Waals surface area contributed by atoms with Gasteiger partial charge in [0, 0.05) is 13.1 Å². The molecular formula is C32H40F2N4O6.